The van der Waals surface area contributed by atoms with Gasteiger partial charge in [-0.25, -0.2) is 0 Å². The summed E-state index contributed by atoms with van der Waals surface area (Å²) >= 11 is 0. The number of carbonyl (C=O) groups is 2. The maximum absolute atomic E-state index is 12.6. The third kappa shape index (κ3) is 4.90. The number of hydrogen-bond donors (Lipinski definition) is 1. The van der Waals surface area contributed by atoms with Crippen molar-refractivity contribution in [3.8, 4) is 0 Å². The molecule has 29 heavy (non-hydrogen) atoms. The van der Waals surface area contributed by atoms with E-state index in [-0.39, 0.29) is 17.9 Å². The highest BCUT2D eigenvalue weighted by molar-refractivity contribution is 5.91. The summed E-state index contributed by atoms with van der Waals surface area (Å²) in [5.74, 6) is -0.0698. The average Bonchev–Trinajstić information content (AvgIpc) is 3.31. The van der Waals surface area contributed by atoms with E-state index in [2.05, 4.69) is 10.3 Å². The summed E-state index contributed by atoms with van der Waals surface area (Å²) < 4.78 is 5.54. The Labute approximate surface area is 170 Å². The van der Waals surface area contributed by atoms with Gasteiger partial charge in [-0.1, -0.05) is 30.3 Å². The Balaban J connectivity index is 1.34. The van der Waals surface area contributed by atoms with Crippen LogP contribution in [0.1, 0.15) is 35.2 Å². The van der Waals surface area contributed by atoms with E-state index >= 15 is 0 Å². The van der Waals surface area contributed by atoms with Crippen LogP contribution in [0.15, 0.2) is 48.7 Å². The van der Waals surface area contributed by atoms with Crippen molar-refractivity contribution in [3.63, 3.8) is 0 Å². The molecule has 1 atom stereocenters. The van der Waals surface area contributed by atoms with E-state index in [9.17, 15) is 9.59 Å². The number of aromatic nitrogens is 1. The molecule has 2 aromatic rings. The van der Waals surface area contributed by atoms with Gasteiger partial charge in [-0.15, -0.1) is 0 Å². The maximum atomic E-state index is 12.6. The smallest absolute Gasteiger partial charge is 0.252 e. The van der Waals surface area contributed by atoms with Crippen LogP contribution in [0, 0.1) is 0 Å². The van der Waals surface area contributed by atoms with Gasteiger partial charge >= 0.3 is 0 Å². The summed E-state index contributed by atoms with van der Waals surface area (Å²) in [4.78, 5) is 31.1. The van der Waals surface area contributed by atoms with Crippen LogP contribution in [0.25, 0.3) is 6.08 Å². The normalized spacial score (nSPS) is 18.6. The Kier molecular flexibility index (Phi) is 6.00. The molecule has 0 radical (unpaired) electrons. The van der Waals surface area contributed by atoms with Gasteiger partial charge in [0, 0.05) is 50.6 Å². The van der Waals surface area contributed by atoms with E-state index in [0.29, 0.717) is 26.2 Å². The molecule has 2 aliphatic rings. The van der Waals surface area contributed by atoms with Gasteiger partial charge in [0.05, 0.1) is 0 Å². The van der Waals surface area contributed by atoms with Crippen LogP contribution in [0.4, 0.5) is 0 Å². The van der Waals surface area contributed by atoms with Crippen molar-refractivity contribution in [2.24, 2.45) is 0 Å². The summed E-state index contributed by atoms with van der Waals surface area (Å²) in [7, 11) is 0. The number of hydrogen-bond acceptors (Lipinski definition) is 4. The maximum Gasteiger partial charge on any atom is 0.252 e. The van der Waals surface area contributed by atoms with Crippen LogP contribution in [-0.4, -0.2) is 41.0 Å². The number of amides is 2. The average molecular weight is 391 g/mol. The number of rotatable bonds is 5. The fraction of sp³-hybridized carbons (Fsp3) is 0.348. The SMILES string of the molecule is O=C(/C=C/c1ccccc1)NCc1cnc2c(c1)CN(C(=O)[C@H]1CCCO1)CC2. The Hall–Kier alpha value is -2.99. The molecule has 1 saturated heterocycles. The summed E-state index contributed by atoms with van der Waals surface area (Å²) in [6.45, 7) is 2.30. The van der Waals surface area contributed by atoms with Crippen molar-refractivity contribution in [2.45, 2.75) is 38.5 Å². The molecule has 0 unspecified atom stereocenters. The zero-order chi connectivity index (χ0) is 20.1. The van der Waals surface area contributed by atoms with Crippen LogP contribution in [0.2, 0.25) is 0 Å². The zero-order valence-electron chi connectivity index (χ0n) is 16.3. The van der Waals surface area contributed by atoms with E-state index in [1.807, 2.05) is 41.3 Å². The minimum absolute atomic E-state index is 0.0814. The van der Waals surface area contributed by atoms with Crippen LogP contribution < -0.4 is 5.32 Å². The molecule has 0 aliphatic carbocycles. The quantitative estimate of drug-likeness (QED) is 0.795. The number of pyridine rings is 1. The highest BCUT2D eigenvalue weighted by Gasteiger charge is 2.30. The Bertz CT molecular complexity index is 905. The monoisotopic (exact) mass is 391 g/mol. The predicted molar refractivity (Wildman–Crippen MR) is 110 cm³/mol. The van der Waals surface area contributed by atoms with Crippen LogP contribution in [-0.2, 0) is 33.8 Å². The van der Waals surface area contributed by atoms with Crippen molar-refractivity contribution >= 4 is 17.9 Å². The van der Waals surface area contributed by atoms with E-state index in [1.165, 1.54) is 6.08 Å². The summed E-state index contributed by atoms with van der Waals surface area (Å²) in [5, 5.41) is 2.89. The molecule has 1 N–H and O–H groups in total. The Morgan fingerprint density at radius 3 is 2.93 bits per heavy atom. The molecule has 0 spiro atoms. The second-order valence-corrected chi connectivity index (χ2v) is 7.42. The van der Waals surface area contributed by atoms with Crippen LogP contribution in [0.5, 0.6) is 0 Å². The Morgan fingerprint density at radius 1 is 1.28 bits per heavy atom. The summed E-state index contributed by atoms with van der Waals surface area (Å²) in [6, 6.07) is 11.7. The lowest BCUT2D eigenvalue weighted by Crippen LogP contribution is -2.42. The van der Waals surface area contributed by atoms with E-state index in [4.69, 9.17) is 4.74 Å². The number of carbonyl (C=O) groups excluding carboxylic acids is 2. The first-order valence-corrected chi connectivity index (χ1v) is 10.1. The van der Waals surface area contributed by atoms with Gasteiger partial charge in [0.25, 0.3) is 5.91 Å². The summed E-state index contributed by atoms with van der Waals surface area (Å²) in [5.41, 5.74) is 3.99. The molecule has 150 valence electrons. The van der Waals surface area contributed by atoms with Crippen molar-refractivity contribution in [1.29, 1.82) is 0 Å². The van der Waals surface area contributed by atoms with E-state index < -0.39 is 0 Å². The van der Waals surface area contributed by atoms with E-state index in [0.717, 1.165) is 41.6 Å². The second-order valence-electron chi connectivity index (χ2n) is 7.42. The zero-order valence-corrected chi connectivity index (χ0v) is 16.3. The third-order valence-corrected chi connectivity index (χ3v) is 5.31. The highest BCUT2D eigenvalue weighted by Crippen LogP contribution is 2.22. The minimum atomic E-state index is -0.289. The predicted octanol–water partition coefficient (Wildman–Crippen LogP) is 2.47. The van der Waals surface area contributed by atoms with Gasteiger partial charge in [0.15, 0.2) is 0 Å². The van der Waals surface area contributed by atoms with Crippen molar-refractivity contribution in [2.75, 3.05) is 13.2 Å². The molecule has 0 bridgehead atoms. The fourth-order valence-electron chi connectivity index (χ4n) is 3.72. The highest BCUT2D eigenvalue weighted by atomic mass is 16.5. The Morgan fingerprint density at radius 2 is 2.14 bits per heavy atom. The number of benzene rings is 1. The number of nitrogens with one attached hydrogen (secondary N) is 1. The van der Waals surface area contributed by atoms with Crippen molar-refractivity contribution in [1.82, 2.24) is 15.2 Å². The van der Waals surface area contributed by atoms with Gasteiger partial charge < -0.3 is 15.0 Å². The van der Waals surface area contributed by atoms with E-state index in [1.54, 1.807) is 12.3 Å². The van der Waals surface area contributed by atoms with Crippen LogP contribution >= 0.6 is 0 Å². The van der Waals surface area contributed by atoms with Gasteiger partial charge in [0.1, 0.15) is 6.10 Å². The van der Waals surface area contributed by atoms with Crippen LogP contribution in [0.3, 0.4) is 0 Å². The second kappa shape index (κ2) is 9.01. The number of nitrogens with zero attached hydrogens (tertiary/aromatic N) is 2. The number of fused-ring (bicyclic) bond motifs is 1. The third-order valence-electron chi connectivity index (χ3n) is 5.31. The molecule has 2 amide bonds. The standard InChI is InChI=1S/C23H25N3O3/c27-22(9-8-17-5-2-1-3-6-17)25-15-18-13-19-16-26(11-10-20(19)24-14-18)23(28)21-7-4-12-29-21/h1-3,5-6,8-9,13-14,21H,4,7,10-12,15-16H2,(H,25,27)/b9-8+/t21-/m1/s1. The molecule has 0 saturated carbocycles. The fourth-order valence-corrected chi connectivity index (χ4v) is 3.72. The van der Waals surface area contributed by atoms with Gasteiger partial charge in [-0.05, 0) is 41.7 Å². The molecule has 6 nitrogen and oxygen atoms in total. The topological polar surface area (TPSA) is 71.5 Å². The van der Waals surface area contributed by atoms with Gasteiger partial charge in [-0.2, -0.15) is 0 Å². The first-order chi connectivity index (χ1) is 14.2. The van der Waals surface area contributed by atoms with Crippen molar-refractivity contribution < 1.29 is 14.3 Å². The largest absolute Gasteiger partial charge is 0.368 e. The lowest BCUT2D eigenvalue weighted by atomic mass is 10.0. The molecule has 1 aromatic carbocycles. The molecule has 4 rings (SSSR count). The molecule has 6 heteroatoms. The molecule has 3 heterocycles. The van der Waals surface area contributed by atoms with Gasteiger partial charge in [-0.3, -0.25) is 14.6 Å². The molecule has 1 fully saturated rings. The number of ether oxygens (including phenoxy) is 1. The molecular formula is C23H25N3O3. The lowest BCUT2D eigenvalue weighted by molar-refractivity contribution is -0.141. The summed E-state index contributed by atoms with van der Waals surface area (Å²) in [6.07, 6.45) is 7.34. The molecule has 1 aromatic heterocycles. The van der Waals surface area contributed by atoms with Gasteiger partial charge in [0.2, 0.25) is 5.91 Å². The van der Waals surface area contributed by atoms with Crippen molar-refractivity contribution in [3.05, 3.63) is 71.1 Å². The minimum Gasteiger partial charge on any atom is -0.368 e. The first-order valence-electron chi connectivity index (χ1n) is 10.1. The molecule has 2 aliphatic heterocycles. The lowest BCUT2D eigenvalue weighted by Gasteiger charge is -2.30. The first kappa shape index (κ1) is 19.3. The molecular weight excluding hydrogens is 366 g/mol.